The van der Waals surface area contributed by atoms with Crippen molar-refractivity contribution in [3.8, 4) is 0 Å². The van der Waals surface area contributed by atoms with Gasteiger partial charge in [-0.3, -0.25) is 4.79 Å². The summed E-state index contributed by atoms with van der Waals surface area (Å²) in [5.74, 6) is -0.458. The normalized spacial score (nSPS) is 17.6. The van der Waals surface area contributed by atoms with Crippen LogP contribution in [0.2, 0.25) is 5.02 Å². The molecule has 3 aromatic rings. The lowest BCUT2D eigenvalue weighted by Gasteiger charge is -2.27. The van der Waals surface area contributed by atoms with E-state index >= 15 is 0 Å². The molecule has 34 heavy (non-hydrogen) atoms. The van der Waals surface area contributed by atoms with Gasteiger partial charge in [0.25, 0.3) is 0 Å². The van der Waals surface area contributed by atoms with Crippen molar-refractivity contribution in [3.05, 3.63) is 107 Å². The van der Waals surface area contributed by atoms with Gasteiger partial charge < -0.3 is 10.1 Å². The van der Waals surface area contributed by atoms with E-state index in [1.54, 1.807) is 6.07 Å². The molecule has 3 aromatic carbocycles. The van der Waals surface area contributed by atoms with Gasteiger partial charge >= 0.3 is 6.02 Å². The molecule has 4 rings (SSSR count). The van der Waals surface area contributed by atoms with Crippen molar-refractivity contribution in [3.63, 3.8) is 0 Å². The highest BCUT2D eigenvalue weighted by molar-refractivity contribution is 6.30. The van der Waals surface area contributed by atoms with E-state index in [9.17, 15) is 4.79 Å². The van der Waals surface area contributed by atoms with E-state index in [0.717, 1.165) is 12.0 Å². The number of hydrogen-bond donors (Lipinski definition) is 1. The molecule has 174 valence electrons. The molecule has 6 heteroatoms. The molecule has 2 unspecified atom stereocenters. The van der Waals surface area contributed by atoms with Crippen molar-refractivity contribution in [2.45, 2.75) is 25.3 Å². The number of amides is 1. The molecule has 0 saturated heterocycles. The van der Waals surface area contributed by atoms with Crippen LogP contribution in [0.5, 0.6) is 0 Å². The molecule has 0 bridgehead atoms. The van der Waals surface area contributed by atoms with Gasteiger partial charge in [-0.1, -0.05) is 84.4 Å². The summed E-state index contributed by atoms with van der Waals surface area (Å²) < 4.78 is 5.28. The molecule has 1 heterocycles. The lowest BCUT2D eigenvalue weighted by atomic mass is 9.87. The molecule has 0 spiro atoms. The van der Waals surface area contributed by atoms with Gasteiger partial charge in [-0.2, -0.15) is 0 Å². The van der Waals surface area contributed by atoms with Gasteiger partial charge in [0.05, 0.1) is 13.2 Å². The van der Waals surface area contributed by atoms with Gasteiger partial charge in [-0.15, -0.1) is 0 Å². The number of aliphatic imine (C=N–C) groups is 2. The second-order valence-electron chi connectivity index (χ2n) is 8.30. The maximum Gasteiger partial charge on any atom is 0.311 e. The van der Waals surface area contributed by atoms with E-state index in [0.29, 0.717) is 17.3 Å². The molecule has 0 aromatic heterocycles. The van der Waals surface area contributed by atoms with Gasteiger partial charge in [0.1, 0.15) is 5.92 Å². The minimum atomic E-state index is -0.538. The van der Waals surface area contributed by atoms with Crippen LogP contribution in [-0.2, 0) is 9.53 Å². The van der Waals surface area contributed by atoms with Crippen molar-refractivity contribution in [2.75, 3.05) is 13.7 Å². The summed E-state index contributed by atoms with van der Waals surface area (Å²) in [6, 6.07) is 28.0. The number of carbonyl (C=O) groups is 1. The largest absolute Gasteiger partial charge is 0.467 e. The number of benzene rings is 3. The van der Waals surface area contributed by atoms with Crippen molar-refractivity contribution >= 4 is 29.2 Å². The Morgan fingerprint density at radius 2 is 1.65 bits per heavy atom. The summed E-state index contributed by atoms with van der Waals surface area (Å²) in [5.41, 5.74) is 3.97. The number of nitrogens with zero attached hydrogens (tertiary/aromatic N) is 2. The summed E-state index contributed by atoms with van der Waals surface area (Å²) in [6.07, 6.45) is 0.775. The van der Waals surface area contributed by atoms with E-state index in [-0.39, 0.29) is 17.8 Å². The fraction of sp³-hybridized carbons (Fsp3) is 0.250. The van der Waals surface area contributed by atoms with Gasteiger partial charge in [-0.25, -0.2) is 9.98 Å². The second-order valence-corrected chi connectivity index (χ2v) is 8.74. The lowest BCUT2D eigenvalue weighted by Crippen LogP contribution is -2.40. The zero-order valence-corrected chi connectivity index (χ0v) is 20.1. The number of halogens is 1. The van der Waals surface area contributed by atoms with Crippen LogP contribution < -0.4 is 5.32 Å². The number of ether oxygens (including phenoxy) is 1. The highest BCUT2D eigenvalue weighted by Gasteiger charge is 2.35. The summed E-state index contributed by atoms with van der Waals surface area (Å²) in [4.78, 5) is 22.4. The average Bonchev–Trinajstić information content (AvgIpc) is 2.87. The zero-order valence-electron chi connectivity index (χ0n) is 19.3. The fourth-order valence-electron chi connectivity index (χ4n) is 4.41. The molecule has 0 fully saturated rings. The molecule has 2 atom stereocenters. The number of methoxy groups -OCH3 is 1. The van der Waals surface area contributed by atoms with Crippen LogP contribution in [0, 0.1) is 5.92 Å². The molecule has 1 N–H and O–H groups in total. The maximum atomic E-state index is 13.4. The van der Waals surface area contributed by atoms with E-state index in [2.05, 4.69) is 39.6 Å². The van der Waals surface area contributed by atoms with Gasteiger partial charge in [-0.05, 0) is 42.2 Å². The third kappa shape index (κ3) is 5.54. The quantitative estimate of drug-likeness (QED) is 0.470. The van der Waals surface area contributed by atoms with Crippen LogP contribution in [-0.4, -0.2) is 31.3 Å². The molecular weight excluding hydrogens is 446 g/mol. The molecule has 0 saturated carbocycles. The van der Waals surface area contributed by atoms with Crippen molar-refractivity contribution < 1.29 is 9.53 Å². The first-order chi connectivity index (χ1) is 16.6. The Balaban J connectivity index is 1.51. The summed E-state index contributed by atoms with van der Waals surface area (Å²) >= 11 is 6.22. The van der Waals surface area contributed by atoms with Crippen LogP contribution in [0.25, 0.3) is 0 Å². The number of hydrogen-bond acceptors (Lipinski definition) is 4. The van der Waals surface area contributed by atoms with E-state index in [4.69, 9.17) is 16.3 Å². The Morgan fingerprint density at radius 3 is 2.24 bits per heavy atom. The van der Waals surface area contributed by atoms with E-state index in [1.165, 1.54) is 18.2 Å². The van der Waals surface area contributed by atoms with Crippen molar-refractivity contribution in [2.24, 2.45) is 15.9 Å². The van der Waals surface area contributed by atoms with Crippen LogP contribution in [0.1, 0.15) is 42.0 Å². The Morgan fingerprint density at radius 1 is 1.00 bits per heavy atom. The molecule has 0 radical (unpaired) electrons. The monoisotopic (exact) mass is 473 g/mol. The molecular formula is C28H28ClN3O2. The molecule has 1 aliphatic rings. The SMILES string of the molecule is COC1=NC(c2cccc(Cl)c2)C(C(=O)NCCC(c2ccccc2)c2ccccc2)C(C)=N1. The van der Waals surface area contributed by atoms with Crippen LogP contribution in [0.4, 0.5) is 0 Å². The second kappa shape index (κ2) is 11.1. The van der Waals surface area contributed by atoms with Crippen molar-refractivity contribution in [1.29, 1.82) is 0 Å². The molecule has 0 aliphatic carbocycles. The Kier molecular flexibility index (Phi) is 7.76. The first-order valence-corrected chi connectivity index (χ1v) is 11.7. The summed E-state index contributed by atoms with van der Waals surface area (Å²) in [5, 5.41) is 3.73. The third-order valence-corrected chi connectivity index (χ3v) is 6.31. The van der Waals surface area contributed by atoms with Gasteiger partial charge in [0, 0.05) is 23.2 Å². The summed E-state index contributed by atoms with van der Waals surface area (Å²) in [6.45, 7) is 2.37. The maximum absolute atomic E-state index is 13.4. The minimum absolute atomic E-state index is 0.106. The Labute approximate surface area is 205 Å². The summed E-state index contributed by atoms with van der Waals surface area (Å²) in [7, 11) is 1.53. The first kappa shape index (κ1) is 23.7. The lowest BCUT2D eigenvalue weighted by molar-refractivity contribution is -0.123. The highest BCUT2D eigenvalue weighted by atomic mass is 35.5. The van der Waals surface area contributed by atoms with E-state index < -0.39 is 12.0 Å². The third-order valence-electron chi connectivity index (χ3n) is 6.08. The smallest absolute Gasteiger partial charge is 0.311 e. The molecule has 5 nitrogen and oxygen atoms in total. The van der Waals surface area contributed by atoms with Crippen LogP contribution in [0.3, 0.4) is 0 Å². The molecule has 1 aliphatic heterocycles. The van der Waals surface area contributed by atoms with Crippen LogP contribution >= 0.6 is 11.6 Å². The van der Waals surface area contributed by atoms with Gasteiger partial charge in [0.2, 0.25) is 5.91 Å². The standard InChI is InChI=1S/C28H28ClN3O2/c1-19-25(26(32-28(31-19)34-2)22-14-9-15-23(29)18-22)27(33)30-17-16-24(20-10-5-3-6-11-20)21-12-7-4-8-13-21/h3-15,18,24-26H,16-17H2,1-2H3,(H,30,33). The first-order valence-electron chi connectivity index (χ1n) is 11.4. The highest BCUT2D eigenvalue weighted by Crippen LogP contribution is 2.33. The predicted octanol–water partition coefficient (Wildman–Crippen LogP) is 5.81. The molecule has 1 amide bonds. The van der Waals surface area contributed by atoms with Crippen LogP contribution in [0.15, 0.2) is 94.9 Å². The Bertz CT molecular complexity index is 1140. The van der Waals surface area contributed by atoms with Crippen molar-refractivity contribution in [1.82, 2.24) is 5.32 Å². The number of nitrogens with one attached hydrogen (secondary N) is 1. The van der Waals surface area contributed by atoms with Gasteiger partial charge in [0.15, 0.2) is 0 Å². The number of amidine groups is 1. The average molecular weight is 474 g/mol. The number of carbonyl (C=O) groups excluding carboxylic acids is 1. The zero-order chi connectivity index (χ0) is 23.9. The fourth-order valence-corrected chi connectivity index (χ4v) is 4.61. The minimum Gasteiger partial charge on any atom is -0.467 e. The number of rotatable bonds is 7. The Hall–Kier alpha value is -3.44. The van der Waals surface area contributed by atoms with E-state index in [1.807, 2.05) is 61.5 Å². The predicted molar refractivity (Wildman–Crippen MR) is 138 cm³/mol. The topological polar surface area (TPSA) is 63.0 Å².